The quantitative estimate of drug-likeness (QED) is 0.660. The van der Waals surface area contributed by atoms with Crippen LogP contribution in [0.3, 0.4) is 0 Å². The number of halogens is 2. The van der Waals surface area contributed by atoms with E-state index in [9.17, 15) is 22.0 Å². The van der Waals surface area contributed by atoms with Crippen molar-refractivity contribution >= 4 is 21.6 Å². The SMILES string of the molecule is CCN(CC)S(=O)(=O)c1c(C)nn(CC(=O)Nc2ccc(OC(F)F)cc2)c1C. The highest BCUT2D eigenvalue weighted by atomic mass is 32.2. The van der Waals surface area contributed by atoms with Gasteiger partial charge in [0, 0.05) is 18.8 Å². The zero-order valence-electron chi connectivity index (χ0n) is 16.6. The van der Waals surface area contributed by atoms with Crippen molar-refractivity contribution in [3.8, 4) is 5.75 Å². The van der Waals surface area contributed by atoms with Crippen LogP contribution in [0.1, 0.15) is 25.2 Å². The molecular formula is C18H24F2N4O4S. The first-order valence-electron chi connectivity index (χ1n) is 8.99. The highest BCUT2D eigenvalue weighted by molar-refractivity contribution is 7.89. The second-order valence-electron chi connectivity index (χ2n) is 6.20. The molecule has 2 rings (SSSR count). The Kier molecular flexibility index (Phi) is 7.31. The number of amides is 1. The van der Waals surface area contributed by atoms with Gasteiger partial charge in [0.15, 0.2) is 0 Å². The van der Waals surface area contributed by atoms with E-state index in [4.69, 9.17) is 0 Å². The summed E-state index contributed by atoms with van der Waals surface area (Å²) in [6.45, 7) is 4.21. The first-order valence-corrected chi connectivity index (χ1v) is 10.4. The fraction of sp³-hybridized carbons (Fsp3) is 0.444. The lowest BCUT2D eigenvalue weighted by Crippen LogP contribution is -2.31. The number of hydrogen-bond acceptors (Lipinski definition) is 5. The van der Waals surface area contributed by atoms with E-state index in [1.165, 1.54) is 33.3 Å². The molecule has 0 atom stereocenters. The first-order chi connectivity index (χ1) is 13.6. The zero-order valence-corrected chi connectivity index (χ0v) is 17.5. The highest BCUT2D eigenvalue weighted by Gasteiger charge is 2.29. The number of aryl methyl sites for hydroxylation is 1. The van der Waals surface area contributed by atoms with Crippen LogP contribution >= 0.6 is 0 Å². The van der Waals surface area contributed by atoms with Crippen LogP contribution < -0.4 is 10.1 Å². The fourth-order valence-corrected chi connectivity index (χ4v) is 4.79. The summed E-state index contributed by atoms with van der Waals surface area (Å²) in [6.07, 6.45) is 0. The summed E-state index contributed by atoms with van der Waals surface area (Å²) >= 11 is 0. The molecule has 29 heavy (non-hydrogen) atoms. The van der Waals surface area contributed by atoms with Gasteiger partial charge >= 0.3 is 6.61 Å². The van der Waals surface area contributed by atoms with Gasteiger partial charge in [-0.05, 0) is 38.1 Å². The minimum absolute atomic E-state index is 0.0252. The van der Waals surface area contributed by atoms with Crippen LogP contribution in [-0.4, -0.2) is 48.1 Å². The molecule has 1 aromatic heterocycles. The van der Waals surface area contributed by atoms with Crippen LogP contribution in [0.4, 0.5) is 14.5 Å². The Balaban J connectivity index is 2.15. The van der Waals surface area contributed by atoms with Crippen molar-refractivity contribution in [1.82, 2.24) is 14.1 Å². The van der Waals surface area contributed by atoms with Crippen LogP contribution in [0.25, 0.3) is 0 Å². The van der Waals surface area contributed by atoms with Gasteiger partial charge in [-0.15, -0.1) is 0 Å². The lowest BCUT2D eigenvalue weighted by Gasteiger charge is -2.18. The number of carbonyl (C=O) groups is 1. The number of hydrogen-bond donors (Lipinski definition) is 1. The van der Waals surface area contributed by atoms with E-state index in [0.29, 0.717) is 30.2 Å². The molecule has 0 spiro atoms. The van der Waals surface area contributed by atoms with Crippen molar-refractivity contribution in [2.75, 3.05) is 18.4 Å². The van der Waals surface area contributed by atoms with Crippen molar-refractivity contribution < 1.29 is 26.7 Å². The third-order valence-corrected chi connectivity index (χ3v) is 6.58. The van der Waals surface area contributed by atoms with Gasteiger partial charge in [-0.2, -0.15) is 18.2 Å². The Hall–Kier alpha value is -2.53. The smallest absolute Gasteiger partial charge is 0.387 e. The number of carbonyl (C=O) groups excluding carboxylic acids is 1. The zero-order chi connectivity index (χ0) is 21.8. The van der Waals surface area contributed by atoms with Crippen LogP contribution in [0.5, 0.6) is 5.75 Å². The molecule has 1 heterocycles. The Labute approximate surface area is 168 Å². The van der Waals surface area contributed by atoms with Crippen molar-refractivity contribution in [2.45, 2.75) is 45.7 Å². The lowest BCUT2D eigenvalue weighted by atomic mass is 10.3. The minimum Gasteiger partial charge on any atom is -0.435 e. The van der Waals surface area contributed by atoms with Crippen molar-refractivity contribution in [3.05, 3.63) is 35.7 Å². The maximum atomic E-state index is 12.8. The predicted octanol–water partition coefficient (Wildman–Crippen LogP) is 2.77. The highest BCUT2D eigenvalue weighted by Crippen LogP contribution is 2.23. The molecule has 0 saturated carbocycles. The Morgan fingerprint density at radius 3 is 2.31 bits per heavy atom. The summed E-state index contributed by atoms with van der Waals surface area (Å²) in [5.41, 5.74) is 1.06. The maximum absolute atomic E-state index is 12.8. The van der Waals surface area contributed by atoms with E-state index in [1.807, 2.05) is 0 Å². The van der Waals surface area contributed by atoms with Gasteiger partial charge in [-0.25, -0.2) is 8.42 Å². The fourth-order valence-electron chi connectivity index (χ4n) is 2.96. The summed E-state index contributed by atoms with van der Waals surface area (Å²) in [5.74, 6) is -0.465. The second-order valence-corrected chi connectivity index (χ2v) is 8.07. The molecule has 0 aliphatic carbocycles. The number of nitrogens with zero attached hydrogens (tertiary/aromatic N) is 3. The molecule has 0 bridgehead atoms. The van der Waals surface area contributed by atoms with E-state index in [2.05, 4.69) is 15.2 Å². The maximum Gasteiger partial charge on any atom is 0.387 e. The van der Waals surface area contributed by atoms with E-state index < -0.39 is 22.5 Å². The van der Waals surface area contributed by atoms with Crippen molar-refractivity contribution in [3.63, 3.8) is 0 Å². The van der Waals surface area contributed by atoms with Crippen LogP contribution in [0, 0.1) is 13.8 Å². The second kappa shape index (κ2) is 9.31. The average Bonchev–Trinajstić information content (AvgIpc) is 2.91. The summed E-state index contributed by atoms with van der Waals surface area (Å²) in [7, 11) is -3.71. The molecule has 0 aliphatic heterocycles. The molecule has 0 fully saturated rings. The number of anilines is 1. The van der Waals surface area contributed by atoms with E-state index in [0.717, 1.165) is 0 Å². The molecule has 8 nitrogen and oxygen atoms in total. The van der Waals surface area contributed by atoms with Gasteiger partial charge in [0.1, 0.15) is 17.2 Å². The summed E-state index contributed by atoms with van der Waals surface area (Å²) in [6, 6.07) is 5.46. The molecule has 11 heteroatoms. The minimum atomic E-state index is -3.71. The van der Waals surface area contributed by atoms with Crippen molar-refractivity contribution in [2.24, 2.45) is 0 Å². The predicted molar refractivity (Wildman–Crippen MR) is 104 cm³/mol. The lowest BCUT2D eigenvalue weighted by molar-refractivity contribution is -0.117. The Morgan fingerprint density at radius 2 is 1.79 bits per heavy atom. The third-order valence-electron chi connectivity index (χ3n) is 4.27. The number of nitrogens with one attached hydrogen (secondary N) is 1. The van der Waals surface area contributed by atoms with Gasteiger partial charge in [0.05, 0.1) is 11.4 Å². The van der Waals surface area contributed by atoms with E-state index in [1.54, 1.807) is 27.7 Å². The molecule has 0 aliphatic rings. The average molecular weight is 430 g/mol. The van der Waals surface area contributed by atoms with Gasteiger partial charge in [0.2, 0.25) is 15.9 Å². The largest absolute Gasteiger partial charge is 0.435 e. The molecule has 0 unspecified atom stereocenters. The monoisotopic (exact) mass is 430 g/mol. The van der Waals surface area contributed by atoms with Gasteiger partial charge in [-0.1, -0.05) is 13.8 Å². The number of benzene rings is 1. The molecule has 1 amide bonds. The molecule has 0 saturated heterocycles. The van der Waals surface area contributed by atoms with Gasteiger partial charge < -0.3 is 10.1 Å². The Morgan fingerprint density at radius 1 is 1.21 bits per heavy atom. The number of alkyl halides is 2. The standard InChI is InChI=1S/C18H24F2N4O4S/c1-5-23(6-2)29(26,27)17-12(3)22-24(13(17)4)11-16(25)21-14-7-9-15(10-8-14)28-18(19)20/h7-10,18H,5-6,11H2,1-4H3,(H,21,25). The molecule has 1 aromatic carbocycles. The summed E-state index contributed by atoms with van der Waals surface area (Å²) in [5, 5.41) is 6.81. The molecule has 1 N–H and O–H groups in total. The van der Waals surface area contributed by atoms with Crippen LogP contribution in [0.15, 0.2) is 29.2 Å². The van der Waals surface area contributed by atoms with Gasteiger partial charge in [-0.3, -0.25) is 9.48 Å². The summed E-state index contributed by atoms with van der Waals surface area (Å²) < 4.78 is 56.9. The van der Waals surface area contributed by atoms with Crippen LogP contribution in [0.2, 0.25) is 0 Å². The number of aromatic nitrogens is 2. The number of sulfonamides is 1. The van der Waals surface area contributed by atoms with E-state index in [-0.39, 0.29) is 17.2 Å². The third kappa shape index (κ3) is 5.30. The van der Waals surface area contributed by atoms with Crippen LogP contribution in [-0.2, 0) is 21.4 Å². The molecular weight excluding hydrogens is 406 g/mol. The first kappa shape index (κ1) is 22.8. The van der Waals surface area contributed by atoms with E-state index >= 15 is 0 Å². The molecule has 160 valence electrons. The number of ether oxygens (including phenoxy) is 1. The number of rotatable bonds is 9. The van der Waals surface area contributed by atoms with Crippen molar-refractivity contribution in [1.29, 1.82) is 0 Å². The molecule has 0 radical (unpaired) electrons. The topological polar surface area (TPSA) is 93.5 Å². The summed E-state index contributed by atoms with van der Waals surface area (Å²) in [4.78, 5) is 12.4. The normalized spacial score (nSPS) is 11.9. The van der Waals surface area contributed by atoms with Gasteiger partial charge in [0.25, 0.3) is 0 Å². The molecule has 2 aromatic rings. The Bertz CT molecular complexity index is 955.